The quantitative estimate of drug-likeness (QED) is 0.274. The molecule has 2 aliphatic rings. The van der Waals surface area contributed by atoms with Crippen molar-refractivity contribution in [1.82, 2.24) is 0 Å². The molecule has 0 aliphatic heterocycles. The molecule has 0 saturated heterocycles. The maximum Gasteiger partial charge on any atom is 0.0900 e. The number of hydrogen-bond acceptors (Lipinski definition) is 0. The molecule has 8 heteroatoms. The Balaban J connectivity index is 2.69. The Morgan fingerprint density at radius 2 is 1.56 bits per heavy atom. The summed E-state index contributed by atoms with van der Waals surface area (Å²) in [6, 6.07) is 0. The Morgan fingerprint density at radius 1 is 1.06 bits per heavy atom. The smallest absolute Gasteiger partial charge is 0.0900 e. The second-order valence-corrected chi connectivity index (χ2v) is 15.0. The number of halogens is 8. The highest BCUT2D eigenvalue weighted by Gasteiger charge is 2.80. The van der Waals surface area contributed by atoms with E-state index in [0.29, 0.717) is 15.6 Å². The average Bonchev–Trinajstić information content (AvgIpc) is 2.61. The third-order valence-electron chi connectivity index (χ3n) is 4.54. The van der Waals surface area contributed by atoms with Gasteiger partial charge >= 0.3 is 0 Å². The van der Waals surface area contributed by atoms with Crippen LogP contribution in [0, 0.1) is 16.7 Å². The summed E-state index contributed by atoms with van der Waals surface area (Å²) in [7, 11) is 0. The highest BCUT2D eigenvalue weighted by Crippen LogP contribution is 2.80. The minimum absolute atomic E-state index is 0.00810. The van der Waals surface area contributed by atoms with E-state index in [1.807, 2.05) is 0 Å². The van der Waals surface area contributed by atoms with Crippen molar-refractivity contribution in [1.29, 1.82) is 0 Å². The molecule has 2 rings (SSSR count). The lowest BCUT2D eigenvalue weighted by atomic mass is 9.70. The molecular formula is C10H10Br8. The van der Waals surface area contributed by atoms with Gasteiger partial charge in [0.2, 0.25) is 0 Å². The third kappa shape index (κ3) is 2.03. The molecule has 2 saturated carbocycles. The van der Waals surface area contributed by atoms with Crippen LogP contribution in [0.1, 0.15) is 6.42 Å². The minimum atomic E-state index is -0.0880. The predicted molar refractivity (Wildman–Crippen MR) is 108 cm³/mol. The molecular weight excluding hydrogens is 759 g/mol. The first-order valence-corrected chi connectivity index (χ1v) is 12.8. The van der Waals surface area contributed by atoms with Crippen LogP contribution < -0.4 is 0 Å². The zero-order chi connectivity index (χ0) is 13.9. The second-order valence-electron chi connectivity index (χ2n) is 4.95. The van der Waals surface area contributed by atoms with Crippen LogP contribution in [-0.2, 0) is 0 Å². The molecule has 4 atom stereocenters. The summed E-state index contributed by atoms with van der Waals surface area (Å²) >= 11 is 30.9. The van der Waals surface area contributed by atoms with E-state index in [1.165, 1.54) is 0 Å². The molecule has 0 heterocycles. The highest BCUT2D eigenvalue weighted by atomic mass is 79.9. The fourth-order valence-corrected chi connectivity index (χ4v) is 16.1. The van der Waals surface area contributed by atoms with Crippen LogP contribution in [-0.4, -0.2) is 27.3 Å². The van der Waals surface area contributed by atoms with Crippen LogP contribution in [0.5, 0.6) is 0 Å². The zero-order valence-electron chi connectivity index (χ0n) is 8.95. The first-order valence-electron chi connectivity index (χ1n) is 5.29. The van der Waals surface area contributed by atoms with Crippen molar-refractivity contribution in [3.8, 4) is 0 Å². The summed E-state index contributed by atoms with van der Waals surface area (Å²) in [5.74, 6) is 0.581. The van der Waals surface area contributed by atoms with Crippen LogP contribution in [0.25, 0.3) is 0 Å². The van der Waals surface area contributed by atoms with E-state index < -0.39 is 0 Å². The second kappa shape index (κ2) is 6.04. The van der Waals surface area contributed by atoms with Crippen LogP contribution in [0.2, 0.25) is 0 Å². The summed E-state index contributed by atoms with van der Waals surface area (Å²) < 4.78 is 0.109. The molecule has 106 valence electrons. The molecule has 0 spiro atoms. The maximum atomic E-state index is 3.95. The van der Waals surface area contributed by atoms with Crippen molar-refractivity contribution in [2.45, 2.75) is 23.0 Å². The van der Waals surface area contributed by atoms with Crippen molar-refractivity contribution >= 4 is 127 Å². The Bertz CT molecular complexity index is 339. The van der Waals surface area contributed by atoms with E-state index in [4.69, 9.17) is 0 Å². The lowest BCUT2D eigenvalue weighted by Gasteiger charge is -2.50. The molecule has 0 amide bonds. The summed E-state index contributed by atoms with van der Waals surface area (Å²) in [6.45, 7) is 0. The Kier molecular flexibility index (Phi) is 6.11. The molecule has 2 bridgehead atoms. The van der Waals surface area contributed by atoms with Gasteiger partial charge in [-0.2, -0.15) is 0 Å². The number of alkyl halides is 8. The van der Waals surface area contributed by atoms with Gasteiger partial charge in [0.05, 0.1) is 6.97 Å². The van der Waals surface area contributed by atoms with Crippen molar-refractivity contribution in [3.63, 3.8) is 0 Å². The molecule has 0 N–H and O–H groups in total. The van der Waals surface area contributed by atoms with Gasteiger partial charge in [0, 0.05) is 31.1 Å². The maximum absolute atomic E-state index is 3.95. The topological polar surface area (TPSA) is 0 Å². The lowest BCUT2D eigenvalue weighted by Crippen LogP contribution is -2.55. The van der Waals surface area contributed by atoms with Gasteiger partial charge in [-0.25, -0.2) is 0 Å². The van der Waals surface area contributed by atoms with Gasteiger partial charge in [0.15, 0.2) is 0 Å². The summed E-state index contributed by atoms with van der Waals surface area (Å²) in [4.78, 5) is 0.828. The van der Waals surface area contributed by atoms with Gasteiger partial charge in [-0.15, -0.1) is 0 Å². The van der Waals surface area contributed by atoms with E-state index in [9.17, 15) is 0 Å². The van der Waals surface area contributed by atoms with Crippen LogP contribution >= 0.6 is 127 Å². The van der Waals surface area contributed by atoms with E-state index in [-0.39, 0.29) is 17.8 Å². The standard InChI is InChI=1S/C10H10Br8/c11-2-8(3-12)4-1-9(17,18)10(8,7(15)16)6(14)5(4)13/h4-7H,1-3H2/t4-,5+,6-,10?/m1/s1. The van der Waals surface area contributed by atoms with Crippen LogP contribution in [0.3, 0.4) is 0 Å². The van der Waals surface area contributed by atoms with Crippen molar-refractivity contribution < 1.29 is 0 Å². The fraction of sp³-hybridized carbons (Fsp3) is 1.00. The van der Waals surface area contributed by atoms with E-state index >= 15 is 0 Å². The molecule has 0 aromatic heterocycles. The van der Waals surface area contributed by atoms with Crippen LogP contribution in [0.4, 0.5) is 0 Å². The molecule has 1 unspecified atom stereocenters. The zero-order valence-corrected chi connectivity index (χ0v) is 21.6. The summed E-state index contributed by atoms with van der Waals surface area (Å²) in [5, 5.41) is 1.93. The Morgan fingerprint density at radius 3 is 1.89 bits per heavy atom. The molecule has 18 heavy (non-hydrogen) atoms. The van der Waals surface area contributed by atoms with Gasteiger partial charge in [-0.05, 0) is 12.3 Å². The van der Waals surface area contributed by atoms with E-state index in [2.05, 4.69) is 127 Å². The summed E-state index contributed by atoms with van der Waals surface area (Å²) in [5.41, 5.74) is 0.145. The van der Waals surface area contributed by atoms with Gasteiger partial charge in [0.1, 0.15) is 0 Å². The fourth-order valence-electron chi connectivity index (χ4n) is 3.61. The first kappa shape index (κ1) is 18.2. The molecule has 0 radical (unpaired) electrons. The largest absolute Gasteiger partial charge is 0.0921 e. The van der Waals surface area contributed by atoms with Gasteiger partial charge in [-0.3, -0.25) is 0 Å². The number of fused-ring (bicyclic) bond motifs is 2. The van der Waals surface area contributed by atoms with Gasteiger partial charge in [0.25, 0.3) is 0 Å². The van der Waals surface area contributed by atoms with Crippen molar-refractivity contribution in [3.05, 3.63) is 0 Å². The molecule has 2 fully saturated rings. The summed E-state index contributed by atoms with van der Waals surface area (Å²) in [6.07, 6.45) is 1.09. The third-order valence-corrected chi connectivity index (χ3v) is 13.1. The molecule has 0 aromatic carbocycles. The molecule has 0 aromatic rings. The Labute approximate surface area is 175 Å². The normalized spacial score (nSPS) is 44.8. The highest BCUT2D eigenvalue weighted by molar-refractivity contribution is 9.26. The van der Waals surface area contributed by atoms with Crippen molar-refractivity contribution in [2.24, 2.45) is 16.7 Å². The predicted octanol–water partition coefficient (Wildman–Crippen LogP) is 6.91. The SMILES string of the molecule is BrCC1(CBr)[C@@H]2CC(Br)(Br)C1(C(Br)Br)[C@H](Br)[C@H]2Br. The molecule has 2 aliphatic carbocycles. The van der Waals surface area contributed by atoms with Crippen molar-refractivity contribution in [2.75, 3.05) is 10.7 Å². The number of hydrogen-bond donors (Lipinski definition) is 0. The molecule has 0 nitrogen and oxygen atoms in total. The van der Waals surface area contributed by atoms with Crippen LogP contribution in [0.15, 0.2) is 0 Å². The van der Waals surface area contributed by atoms with Gasteiger partial charge < -0.3 is 0 Å². The monoisotopic (exact) mass is 761 g/mol. The Hall–Kier alpha value is 3.84. The number of rotatable bonds is 3. The van der Waals surface area contributed by atoms with Gasteiger partial charge in [-0.1, -0.05) is 127 Å². The minimum Gasteiger partial charge on any atom is -0.0921 e. The first-order chi connectivity index (χ1) is 8.23. The van der Waals surface area contributed by atoms with E-state index in [1.54, 1.807) is 0 Å². The average molecular weight is 769 g/mol. The lowest BCUT2D eigenvalue weighted by molar-refractivity contribution is 0.174. The van der Waals surface area contributed by atoms with E-state index in [0.717, 1.165) is 17.1 Å².